The molecule has 10 heteroatoms. The molecule has 1 aliphatic heterocycles. The van der Waals surface area contributed by atoms with Crippen LogP contribution in [0.2, 0.25) is 5.02 Å². The molecule has 0 spiro atoms. The molecule has 2 aromatic rings. The molecule has 1 heterocycles. The smallest absolute Gasteiger partial charge is 0.294 e. The first-order chi connectivity index (χ1) is 16.2. The molecule has 0 bridgehead atoms. The Hall–Kier alpha value is -3.17. The van der Waals surface area contributed by atoms with Crippen molar-refractivity contribution in [1.82, 2.24) is 4.90 Å². The van der Waals surface area contributed by atoms with Gasteiger partial charge in [0.1, 0.15) is 12.3 Å². The molecule has 0 aromatic heterocycles. The van der Waals surface area contributed by atoms with E-state index in [0.29, 0.717) is 33.5 Å². The van der Waals surface area contributed by atoms with E-state index >= 15 is 0 Å². The molecule has 0 saturated carbocycles. The highest BCUT2D eigenvalue weighted by atomic mass is 35.5. The number of nitrogens with zero attached hydrogens (tertiary/aromatic N) is 1. The first kappa shape index (κ1) is 25.5. The molecule has 1 aliphatic rings. The average Bonchev–Trinajstić information content (AvgIpc) is 3.08. The second kappa shape index (κ2) is 11.3. The number of carbonyl (C=O) groups is 3. The Morgan fingerprint density at radius 1 is 1.18 bits per heavy atom. The summed E-state index contributed by atoms with van der Waals surface area (Å²) < 4.78 is 16.3. The Morgan fingerprint density at radius 2 is 1.88 bits per heavy atom. The number of methoxy groups -OCH3 is 2. The summed E-state index contributed by atoms with van der Waals surface area (Å²) in [5.74, 6) is 0.418. The highest BCUT2D eigenvalue weighted by Gasteiger charge is 2.36. The highest BCUT2D eigenvalue weighted by molar-refractivity contribution is 8.18. The van der Waals surface area contributed by atoms with E-state index in [1.54, 1.807) is 43.5 Å². The standard InChI is InChI=1S/C24H25ClN2O6S/c1-5-14(2)33-22-18(25)10-15(11-19(22)32-4)12-20-23(29)27(24(30)34-20)13-21(28)26-16-6-8-17(31-3)9-7-16/h6-12,14H,5,13H2,1-4H3,(H,26,28)/b20-12+/t14-/m1/s1. The molecule has 0 unspecified atom stereocenters. The summed E-state index contributed by atoms with van der Waals surface area (Å²) >= 11 is 7.15. The number of hydrogen-bond donors (Lipinski definition) is 1. The number of carbonyl (C=O) groups excluding carboxylic acids is 3. The molecule has 1 N–H and O–H groups in total. The third kappa shape index (κ3) is 6.03. The van der Waals surface area contributed by atoms with Gasteiger partial charge in [0.15, 0.2) is 11.5 Å². The normalized spacial score (nSPS) is 15.4. The Labute approximate surface area is 207 Å². The maximum absolute atomic E-state index is 12.8. The first-order valence-corrected chi connectivity index (χ1v) is 11.7. The quantitative estimate of drug-likeness (QED) is 0.468. The maximum Gasteiger partial charge on any atom is 0.294 e. The molecule has 34 heavy (non-hydrogen) atoms. The zero-order valence-electron chi connectivity index (χ0n) is 19.2. The van der Waals surface area contributed by atoms with E-state index in [9.17, 15) is 14.4 Å². The zero-order valence-corrected chi connectivity index (χ0v) is 20.8. The molecule has 1 saturated heterocycles. The topological polar surface area (TPSA) is 94.2 Å². The number of anilines is 1. The molecule has 2 aromatic carbocycles. The van der Waals surface area contributed by atoms with Gasteiger partial charge < -0.3 is 19.5 Å². The Bertz CT molecular complexity index is 1120. The summed E-state index contributed by atoms with van der Waals surface area (Å²) in [6.45, 7) is 3.51. The lowest BCUT2D eigenvalue weighted by Gasteiger charge is -2.17. The lowest BCUT2D eigenvalue weighted by atomic mass is 10.1. The maximum atomic E-state index is 12.8. The van der Waals surface area contributed by atoms with Crippen LogP contribution in [-0.4, -0.2) is 48.8 Å². The third-order valence-corrected chi connectivity index (χ3v) is 6.18. The Morgan fingerprint density at radius 3 is 2.50 bits per heavy atom. The lowest BCUT2D eigenvalue weighted by Crippen LogP contribution is -2.36. The fraction of sp³-hybridized carbons (Fsp3) is 0.292. The molecule has 0 radical (unpaired) electrons. The van der Waals surface area contributed by atoms with Crippen molar-refractivity contribution >= 4 is 52.2 Å². The number of nitrogens with one attached hydrogen (secondary N) is 1. The van der Waals surface area contributed by atoms with Gasteiger partial charge in [0, 0.05) is 5.69 Å². The monoisotopic (exact) mass is 504 g/mol. The first-order valence-electron chi connectivity index (χ1n) is 10.5. The van der Waals surface area contributed by atoms with E-state index in [1.165, 1.54) is 13.2 Å². The van der Waals surface area contributed by atoms with Crippen LogP contribution in [0.4, 0.5) is 10.5 Å². The second-order valence-electron chi connectivity index (χ2n) is 7.42. The van der Waals surface area contributed by atoms with E-state index in [-0.39, 0.29) is 11.0 Å². The Kier molecular flexibility index (Phi) is 8.46. The third-order valence-electron chi connectivity index (χ3n) is 4.99. The summed E-state index contributed by atoms with van der Waals surface area (Å²) in [5, 5.41) is 2.45. The lowest BCUT2D eigenvalue weighted by molar-refractivity contribution is -0.127. The summed E-state index contributed by atoms with van der Waals surface area (Å²) in [6.07, 6.45) is 2.27. The minimum atomic E-state index is -0.560. The van der Waals surface area contributed by atoms with Crippen molar-refractivity contribution < 1.29 is 28.6 Å². The van der Waals surface area contributed by atoms with E-state index in [1.807, 2.05) is 13.8 Å². The van der Waals surface area contributed by atoms with Gasteiger partial charge in [-0.05, 0) is 73.1 Å². The van der Waals surface area contributed by atoms with Crippen LogP contribution in [0.3, 0.4) is 0 Å². The van der Waals surface area contributed by atoms with Gasteiger partial charge in [-0.3, -0.25) is 19.3 Å². The number of benzene rings is 2. The molecule has 3 rings (SSSR count). The summed E-state index contributed by atoms with van der Waals surface area (Å²) in [4.78, 5) is 38.7. The number of ether oxygens (including phenoxy) is 3. The number of imide groups is 1. The minimum Gasteiger partial charge on any atom is -0.497 e. The van der Waals surface area contributed by atoms with Gasteiger partial charge in [0.2, 0.25) is 5.91 Å². The summed E-state index contributed by atoms with van der Waals surface area (Å²) in [7, 11) is 3.04. The van der Waals surface area contributed by atoms with Crippen molar-refractivity contribution in [3.05, 3.63) is 51.9 Å². The van der Waals surface area contributed by atoms with Crippen LogP contribution in [0.25, 0.3) is 6.08 Å². The van der Waals surface area contributed by atoms with E-state index in [0.717, 1.165) is 23.1 Å². The van der Waals surface area contributed by atoms with Crippen molar-refractivity contribution in [2.75, 3.05) is 26.1 Å². The van der Waals surface area contributed by atoms with Crippen molar-refractivity contribution in [2.24, 2.45) is 0 Å². The van der Waals surface area contributed by atoms with Gasteiger partial charge in [-0.15, -0.1) is 0 Å². The van der Waals surface area contributed by atoms with Gasteiger partial charge in [0.05, 0.1) is 30.3 Å². The average molecular weight is 505 g/mol. The molecule has 1 fully saturated rings. The van der Waals surface area contributed by atoms with E-state index < -0.39 is 23.6 Å². The van der Waals surface area contributed by atoms with Crippen LogP contribution >= 0.6 is 23.4 Å². The van der Waals surface area contributed by atoms with Gasteiger partial charge >= 0.3 is 0 Å². The number of amides is 3. The molecule has 3 amide bonds. The van der Waals surface area contributed by atoms with Crippen molar-refractivity contribution in [1.29, 1.82) is 0 Å². The summed E-state index contributed by atoms with van der Waals surface area (Å²) in [6, 6.07) is 10.0. The number of thioether (sulfide) groups is 1. The predicted molar refractivity (Wildman–Crippen MR) is 133 cm³/mol. The molecule has 0 aliphatic carbocycles. The minimum absolute atomic E-state index is 0.0576. The van der Waals surface area contributed by atoms with Crippen molar-refractivity contribution in [2.45, 2.75) is 26.4 Å². The van der Waals surface area contributed by atoms with Crippen molar-refractivity contribution in [3.63, 3.8) is 0 Å². The van der Waals surface area contributed by atoms with Gasteiger partial charge in [-0.2, -0.15) is 0 Å². The molecule has 1 atom stereocenters. The van der Waals surface area contributed by atoms with Crippen LogP contribution in [0, 0.1) is 0 Å². The molecular formula is C24H25ClN2O6S. The van der Waals surface area contributed by atoms with Gasteiger partial charge in [-0.1, -0.05) is 18.5 Å². The summed E-state index contributed by atoms with van der Waals surface area (Å²) in [5.41, 5.74) is 1.08. The molecule has 180 valence electrons. The van der Waals surface area contributed by atoms with E-state index in [2.05, 4.69) is 5.32 Å². The van der Waals surface area contributed by atoms with Crippen LogP contribution in [0.1, 0.15) is 25.8 Å². The number of rotatable bonds is 9. The fourth-order valence-electron chi connectivity index (χ4n) is 3.03. The predicted octanol–water partition coefficient (Wildman–Crippen LogP) is 5.21. The Balaban J connectivity index is 1.73. The largest absolute Gasteiger partial charge is 0.497 e. The number of halogens is 1. The van der Waals surface area contributed by atoms with Crippen molar-refractivity contribution in [3.8, 4) is 17.2 Å². The van der Waals surface area contributed by atoms with E-state index in [4.69, 9.17) is 25.8 Å². The highest BCUT2D eigenvalue weighted by Crippen LogP contribution is 2.39. The molecular weight excluding hydrogens is 480 g/mol. The van der Waals surface area contributed by atoms with Gasteiger partial charge in [0.25, 0.3) is 11.1 Å². The molecule has 8 nitrogen and oxygen atoms in total. The van der Waals surface area contributed by atoms with Crippen LogP contribution in [0.5, 0.6) is 17.2 Å². The van der Waals surface area contributed by atoms with Gasteiger partial charge in [-0.25, -0.2) is 0 Å². The van der Waals surface area contributed by atoms with Crippen LogP contribution in [0.15, 0.2) is 41.3 Å². The SMILES string of the molecule is CC[C@@H](C)Oc1c(Cl)cc(/C=C2/SC(=O)N(CC(=O)Nc3ccc(OC)cc3)C2=O)cc1OC. The zero-order chi connectivity index (χ0) is 24.8. The van der Waals surface area contributed by atoms with Crippen LogP contribution in [-0.2, 0) is 9.59 Å². The number of hydrogen-bond acceptors (Lipinski definition) is 7. The second-order valence-corrected chi connectivity index (χ2v) is 8.82. The fourth-order valence-corrected chi connectivity index (χ4v) is 4.13. The van der Waals surface area contributed by atoms with Crippen LogP contribution < -0.4 is 19.5 Å².